The molecule has 1 aromatic heterocycles. The highest BCUT2D eigenvalue weighted by atomic mass is 16.5. The molecule has 2 aromatic carbocycles. The Morgan fingerprint density at radius 2 is 1.58 bits per heavy atom. The molecule has 0 aliphatic rings. The Labute approximate surface area is 141 Å². The maximum atomic E-state index is 6.16. The largest absolute Gasteiger partial charge is 0.493 e. The number of benzene rings is 2. The number of nitrogens with one attached hydrogen (secondary N) is 1. The number of aryl methyl sites for hydroxylation is 2. The topological polar surface area (TPSA) is 69.4 Å². The van der Waals surface area contributed by atoms with Crippen LogP contribution in [-0.4, -0.2) is 19.2 Å². The van der Waals surface area contributed by atoms with Crippen molar-refractivity contribution in [1.29, 1.82) is 0 Å². The van der Waals surface area contributed by atoms with Gasteiger partial charge in [-0.2, -0.15) is 0 Å². The van der Waals surface area contributed by atoms with Crippen LogP contribution in [0.4, 0.5) is 17.1 Å². The van der Waals surface area contributed by atoms with Crippen LogP contribution in [0, 0.1) is 13.8 Å². The van der Waals surface area contributed by atoms with Crippen molar-refractivity contribution in [3.8, 4) is 11.5 Å². The van der Waals surface area contributed by atoms with Gasteiger partial charge in [0.15, 0.2) is 11.5 Å². The Bertz CT molecular complexity index is 907. The molecule has 3 aromatic rings. The van der Waals surface area contributed by atoms with Crippen LogP contribution < -0.4 is 20.5 Å². The lowest BCUT2D eigenvalue weighted by atomic mass is 10.1. The van der Waals surface area contributed by atoms with E-state index >= 15 is 0 Å². The van der Waals surface area contributed by atoms with E-state index in [4.69, 9.17) is 15.2 Å². The van der Waals surface area contributed by atoms with Crippen molar-refractivity contribution < 1.29 is 9.47 Å². The minimum atomic E-state index is 0.653. The summed E-state index contributed by atoms with van der Waals surface area (Å²) in [6.07, 6.45) is 1.76. The zero-order chi connectivity index (χ0) is 17.3. The number of fused-ring (bicyclic) bond motifs is 1. The van der Waals surface area contributed by atoms with Gasteiger partial charge in [0.25, 0.3) is 0 Å². The zero-order valence-corrected chi connectivity index (χ0v) is 14.3. The van der Waals surface area contributed by atoms with Gasteiger partial charge in [-0.1, -0.05) is 0 Å². The average molecular weight is 323 g/mol. The highest BCUT2D eigenvalue weighted by Gasteiger charge is 2.11. The third-order valence-electron chi connectivity index (χ3n) is 4.18. The number of pyridine rings is 1. The molecule has 124 valence electrons. The van der Waals surface area contributed by atoms with E-state index in [1.165, 1.54) is 11.1 Å². The lowest BCUT2D eigenvalue weighted by Gasteiger charge is -2.15. The summed E-state index contributed by atoms with van der Waals surface area (Å²) in [4.78, 5) is 4.41. The fourth-order valence-electron chi connectivity index (χ4n) is 2.67. The maximum Gasteiger partial charge on any atom is 0.162 e. The summed E-state index contributed by atoms with van der Waals surface area (Å²) in [6, 6.07) is 9.73. The molecule has 3 N–H and O–H groups in total. The van der Waals surface area contributed by atoms with E-state index in [0.717, 1.165) is 22.3 Å². The number of nitrogens with zero attached hydrogens (tertiary/aromatic N) is 1. The van der Waals surface area contributed by atoms with Crippen LogP contribution >= 0.6 is 0 Å². The van der Waals surface area contributed by atoms with Crippen LogP contribution in [0.25, 0.3) is 10.9 Å². The van der Waals surface area contributed by atoms with Crippen molar-refractivity contribution in [3.05, 3.63) is 47.7 Å². The Kier molecular flexibility index (Phi) is 4.16. The number of nitrogen functional groups attached to an aromatic ring is 1. The molecule has 24 heavy (non-hydrogen) atoms. The summed E-state index contributed by atoms with van der Waals surface area (Å²) in [5, 5.41) is 4.35. The summed E-state index contributed by atoms with van der Waals surface area (Å²) in [6.45, 7) is 4.12. The minimum absolute atomic E-state index is 0.653. The second-order valence-corrected chi connectivity index (χ2v) is 5.73. The number of methoxy groups -OCH3 is 2. The van der Waals surface area contributed by atoms with Crippen molar-refractivity contribution in [2.75, 3.05) is 25.3 Å². The van der Waals surface area contributed by atoms with E-state index in [2.05, 4.69) is 30.2 Å². The van der Waals surface area contributed by atoms with Crippen LogP contribution in [0.15, 0.2) is 36.5 Å². The third kappa shape index (κ3) is 2.80. The van der Waals surface area contributed by atoms with E-state index < -0.39 is 0 Å². The summed E-state index contributed by atoms with van der Waals surface area (Å²) >= 11 is 0. The van der Waals surface area contributed by atoms with E-state index in [0.29, 0.717) is 17.2 Å². The van der Waals surface area contributed by atoms with Gasteiger partial charge < -0.3 is 20.5 Å². The van der Waals surface area contributed by atoms with Gasteiger partial charge in [-0.05, 0) is 49.2 Å². The van der Waals surface area contributed by atoms with E-state index in [1.54, 1.807) is 20.4 Å². The molecular weight excluding hydrogens is 302 g/mol. The summed E-state index contributed by atoms with van der Waals surface area (Å²) in [7, 11) is 3.23. The molecule has 1 heterocycles. The van der Waals surface area contributed by atoms with E-state index in [9.17, 15) is 0 Å². The number of rotatable bonds is 4. The number of ether oxygens (including phenoxy) is 2. The zero-order valence-electron chi connectivity index (χ0n) is 14.3. The van der Waals surface area contributed by atoms with Crippen molar-refractivity contribution >= 4 is 28.0 Å². The van der Waals surface area contributed by atoms with Crippen LogP contribution in [0.2, 0.25) is 0 Å². The van der Waals surface area contributed by atoms with Gasteiger partial charge in [-0.25, -0.2) is 0 Å². The molecular formula is C19H21N3O2. The van der Waals surface area contributed by atoms with Crippen LogP contribution in [-0.2, 0) is 0 Å². The molecule has 3 rings (SSSR count). The number of nitrogens with two attached hydrogens (primary N) is 1. The summed E-state index contributed by atoms with van der Waals surface area (Å²) in [5.41, 5.74) is 11.8. The van der Waals surface area contributed by atoms with Gasteiger partial charge in [0.2, 0.25) is 0 Å². The second kappa shape index (κ2) is 6.28. The first-order valence-electron chi connectivity index (χ1n) is 7.68. The molecule has 0 atom stereocenters. The fraction of sp³-hybridized carbons (Fsp3) is 0.211. The molecule has 5 heteroatoms. The van der Waals surface area contributed by atoms with Gasteiger partial charge in [0, 0.05) is 23.3 Å². The molecule has 0 spiro atoms. The first-order valence-corrected chi connectivity index (χ1v) is 7.68. The van der Waals surface area contributed by atoms with Gasteiger partial charge >= 0.3 is 0 Å². The van der Waals surface area contributed by atoms with Crippen molar-refractivity contribution in [3.63, 3.8) is 0 Å². The molecule has 0 saturated heterocycles. The molecule has 0 saturated carbocycles. The van der Waals surface area contributed by atoms with Gasteiger partial charge in [0.05, 0.1) is 31.1 Å². The second-order valence-electron chi connectivity index (χ2n) is 5.73. The quantitative estimate of drug-likeness (QED) is 0.704. The van der Waals surface area contributed by atoms with E-state index in [1.807, 2.05) is 24.3 Å². The Morgan fingerprint density at radius 3 is 2.29 bits per heavy atom. The third-order valence-corrected chi connectivity index (χ3v) is 4.18. The minimum Gasteiger partial charge on any atom is -0.493 e. The van der Waals surface area contributed by atoms with Gasteiger partial charge in [-0.3, -0.25) is 4.98 Å². The number of aromatic nitrogens is 1. The molecule has 0 aliphatic carbocycles. The monoisotopic (exact) mass is 323 g/mol. The predicted octanol–water partition coefficient (Wildman–Crippen LogP) is 4.19. The normalized spacial score (nSPS) is 10.7. The lowest BCUT2D eigenvalue weighted by molar-refractivity contribution is 0.356. The van der Waals surface area contributed by atoms with Crippen LogP contribution in [0.3, 0.4) is 0 Å². The number of anilines is 3. The Balaban J connectivity index is 2.11. The Hall–Kier alpha value is -2.95. The number of hydrogen-bond acceptors (Lipinski definition) is 5. The molecule has 0 fully saturated rings. The van der Waals surface area contributed by atoms with Crippen LogP contribution in [0.5, 0.6) is 11.5 Å². The molecule has 0 radical (unpaired) electrons. The SMILES string of the molecule is COc1cc2nccc(Nc3cc(C)c(C)cc3N)c2cc1OC. The smallest absolute Gasteiger partial charge is 0.162 e. The van der Waals surface area contributed by atoms with Crippen molar-refractivity contribution in [2.24, 2.45) is 0 Å². The highest BCUT2D eigenvalue weighted by molar-refractivity contribution is 5.96. The molecule has 0 bridgehead atoms. The standard InChI is InChI=1S/C19H21N3O2/c1-11-7-14(20)17(8-12(11)2)22-15-5-6-21-16-10-19(24-4)18(23-3)9-13(15)16/h5-10H,20H2,1-4H3,(H,21,22). The lowest BCUT2D eigenvalue weighted by Crippen LogP contribution is -2.00. The van der Waals surface area contributed by atoms with E-state index in [-0.39, 0.29) is 0 Å². The summed E-state index contributed by atoms with van der Waals surface area (Å²) in [5.74, 6) is 1.31. The first kappa shape index (κ1) is 15.9. The van der Waals surface area contributed by atoms with Gasteiger partial charge in [0.1, 0.15) is 0 Å². The van der Waals surface area contributed by atoms with Crippen LogP contribution in [0.1, 0.15) is 11.1 Å². The first-order chi connectivity index (χ1) is 11.5. The Morgan fingerprint density at radius 1 is 0.917 bits per heavy atom. The van der Waals surface area contributed by atoms with Crippen molar-refractivity contribution in [1.82, 2.24) is 4.98 Å². The highest BCUT2D eigenvalue weighted by Crippen LogP contribution is 2.36. The van der Waals surface area contributed by atoms with Gasteiger partial charge in [-0.15, -0.1) is 0 Å². The molecule has 0 aliphatic heterocycles. The summed E-state index contributed by atoms with van der Waals surface area (Å²) < 4.78 is 10.7. The fourth-order valence-corrected chi connectivity index (χ4v) is 2.67. The maximum absolute atomic E-state index is 6.16. The molecule has 0 unspecified atom stereocenters. The van der Waals surface area contributed by atoms with Crippen molar-refractivity contribution in [2.45, 2.75) is 13.8 Å². The molecule has 5 nitrogen and oxygen atoms in total. The molecule has 0 amide bonds. The average Bonchev–Trinajstić information content (AvgIpc) is 2.58. The number of hydrogen-bond donors (Lipinski definition) is 2. The predicted molar refractivity (Wildman–Crippen MR) is 98.5 cm³/mol.